The van der Waals surface area contributed by atoms with Crippen LogP contribution in [0.4, 0.5) is 14.5 Å². The molecule has 0 aliphatic heterocycles. The average molecular weight is 298 g/mol. The lowest BCUT2D eigenvalue weighted by Crippen LogP contribution is -2.35. The van der Waals surface area contributed by atoms with Crippen LogP contribution in [0.25, 0.3) is 0 Å². The van der Waals surface area contributed by atoms with E-state index in [1.807, 2.05) is 11.9 Å². The molecule has 1 aromatic carbocycles. The molecule has 0 aromatic heterocycles. The van der Waals surface area contributed by atoms with Crippen LogP contribution >= 0.6 is 12.2 Å². The summed E-state index contributed by atoms with van der Waals surface area (Å²) in [6, 6.07) is 3.28. The van der Waals surface area contributed by atoms with Gasteiger partial charge in [0.2, 0.25) is 0 Å². The standard InChI is InChI=1S/C15H20F2N2S/c1-9-3-5-10(6-4-9)19(2)12-8-7-11(15(18)20)13(16)14(12)17/h7-10H,3-6H2,1-2H3,(H2,18,20). The van der Waals surface area contributed by atoms with Crippen molar-refractivity contribution in [3.63, 3.8) is 0 Å². The van der Waals surface area contributed by atoms with E-state index in [2.05, 4.69) is 6.92 Å². The molecule has 1 aliphatic rings. The van der Waals surface area contributed by atoms with Crippen molar-refractivity contribution in [3.8, 4) is 0 Å². The van der Waals surface area contributed by atoms with Crippen LogP contribution in [0.15, 0.2) is 12.1 Å². The molecule has 0 atom stereocenters. The number of thiocarbonyl (C=S) groups is 1. The molecule has 1 saturated carbocycles. The Morgan fingerprint density at radius 1 is 1.20 bits per heavy atom. The minimum atomic E-state index is -0.953. The molecule has 2 N–H and O–H groups in total. The van der Waals surface area contributed by atoms with Crippen molar-refractivity contribution in [2.24, 2.45) is 11.7 Å². The molecule has 20 heavy (non-hydrogen) atoms. The van der Waals surface area contributed by atoms with Crippen LogP contribution in [0.3, 0.4) is 0 Å². The van der Waals surface area contributed by atoms with E-state index in [1.54, 1.807) is 6.07 Å². The molecule has 0 saturated heterocycles. The molecule has 1 aromatic rings. The van der Waals surface area contributed by atoms with Crippen LogP contribution < -0.4 is 10.6 Å². The summed E-state index contributed by atoms with van der Waals surface area (Å²) in [4.78, 5) is 1.72. The molecule has 2 nitrogen and oxygen atoms in total. The van der Waals surface area contributed by atoms with E-state index in [9.17, 15) is 8.78 Å². The minimum Gasteiger partial charge on any atom is -0.389 e. The van der Waals surface area contributed by atoms with Gasteiger partial charge in [-0.2, -0.15) is 0 Å². The van der Waals surface area contributed by atoms with Crippen molar-refractivity contribution < 1.29 is 8.78 Å². The van der Waals surface area contributed by atoms with Gasteiger partial charge in [-0.25, -0.2) is 8.78 Å². The van der Waals surface area contributed by atoms with Gasteiger partial charge in [-0.05, 0) is 43.7 Å². The quantitative estimate of drug-likeness (QED) is 0.864. The first-order chi connectivity index (χ1) is 9.41. The fourth-order valence-electron chi connectivity index (χ4n) is 2.83. The third-order valence-corrected chi connectivity index (χ3v) is 4.46. The highest BCUT2D eigenvalue weighted by Crippen LogP contribution is 2.31. The highest BCUT2D eigenvalue weighted by atomic mass is 32.1. The van der Waals surface area contributed by atoms with Crippen molar-refractivity contribution in [2.45, 2.75) is 38.6 Å². The Balaban J connectivity index is 2.24. The van der Waals surface area contributed by atoms with Gasteiger partial charge in [0.15, 0.2) is 11.6 Å². The highest BCUT2D eigenvalue weighted by Gasteiger charge is 2.25. The fraction of sp³-hybridized carbons (Fsp3) is 0.533. The van der Waals surface area contributed by atoms with Crippen LogP contribution in [0.2, 0.25) is 0 Å². The second kappa shape index (κ2) is 6.04. The lowest BCUT2D eigenvalue weighted by Gasteiger charge is -2.35. The molecular weight excluding hydrogens is 278 g/mol. The molecule has 1 aliphatic carbocycles. The smallest absolute Gasteiger partial charge is 0.182 e. The van der Waals surface area contributed by atoms with Crippen molar-refractivity contribution in [1.82, 2.24) is 0 Å². The van der Waals surface area contributed by atoms with E-state index < -0.39 is 11.6 Å². The Morgan fingerprint density at radius 2 is 1.80 bits per heavy atom. The van der Waals surface area contributed by atoms with Gasteiger partial charge in [-0.3, -0.25) is 0 Å². The van der Waals surface area contributed by atoms with E-state index >= 15 is 0 Å². The van der Waals surface area contributed by atoms with Crippen molar-refractivity contribution >= 4 is 22.9 Å². The number of nitrogens with two attached hydrogens (primary N) is 1. The SMILES string of the molecule is CC1CCC(N(C)c2ccc(C(N)=S)c(F)c2F)CC1. The topological polar surface area (TPSA) is 29.3 Å². The Bertz CT molecular complexity index is 511. The molecule has 2 rings (SSSR count). The summed E-state index contributed by atoms with van der Waals surface area (Å²) in [6.07, 6.45) is 4.28. The summed E-state index contributed by atoms with van der Waals surface area (Å²) in [5, 5.41) is 0. The average Bonchev–Trinajstić information content (AvgIpc) is 2.41. The second-order valence-corrected chi connectivity index (χ2v) is 6.09. The number of benzene rings is 1. The van der Waals surface area contributed by atoms with Gasteiger partial charge in [-0.1, -0.05) is 19.1 Å². The van der Waals surface area contributed by atoms with Gasteiger partial charge in [0.05, 0.1) is 5.69 Å². The first kappa shape index (κ1) is 15.2. The second-order valence-electron chi connectivity index (χ2n) is 5.65. The molecule has 0 unspecified atom stereocenters. The number of anilines is 1. The number of hydrogen-bond acceptors (Lipinski definition) is 2. The summed E-state index contributed by atoms with van der Waals surface area (Å²) in [6.45, 7) is 2.23. The Labute approximate surface area is 123 Å². The van der Waals surface area contributed by atoms with Gasteiger partial charge in [0.25, 0.3) is 0 Å². The predicted octanol–water partition coefficient (Wildman–Crippen LogP) is 3.61. The summed E-state index contributed by atoms with van der Waals surface area (Å²) in [5.41, 5.74) is 5.62. The van der Waals surface area contributed by atoms with E-state index in [4.69, 9.17) is 18.0 Å². The molecule has 0 bridgehead atoms. The van der Waals surface area contributed by atoms with Gasteiger partial charge < -0.3 is 10.6 Å². The summed E-state index contributed by atoms with van der Waals surface area (Å²) < 4.78 is 28.1. The van der Waals surface area contributed by atoms with Gasteiger partial charge in [0.1, 0.15) is 4.99 Å². The van der Waals surface area contributed by atoms with E-state index in [-0.39, 0.29) is 22.3 Å². The van der Waals surface area contributed by atoms with Crippen LogP contribution in [-0.2, 0) is 0 Å². The van der Waals surface area contributed by atoms with E-state index in [0.717, 1.165) is 31.6 Å². The van der Waals surface area contributed by atoms with E-state index in [1.165, 1.54) is 6.07 Å². The maximum Gasteiger partial charge on any atom is 0.182 e. The predicted molar refractivity (Wildman–Crippen MR) is 82.1 cm³/mol. The minimum absolute atomic E-state index is 0.0353. The zero-order valence-corrected chi connectivity index (χ0v) is 12.6. The van der Waals surface area contributed by atoms with Gasteiger partial charge in [0, 0.05) is 18.7 Å². The maximum absolute atomic E-state index is 14.2. The molecule has 0 spiro atoms. The Morgan fingerprint density at radius 3 is 2.35 bits per heavy atom. The molecule has 0 amide bonds. The Kier molecular flexibility index (Phi) is 4.58. The van der Waals surface area contributed by atoms with Crippen molar-refractivity contribution in [2.75, 3.05) is 11.9 Å². The number of rotatable bonds is 3. The molecule has 0 radical (unpaired) electrons. The third kappa shape index (κ3) is 2.92. The number of halogens is 2. The number of hydrogen-bond donors (Lipinski definition) is 1. The largest absolute Gasteiger partial charge is 0.389 e. The van der Waals surface area contributed by atoms with Crippen LogP contribution in [0.1, 0.15) is 38.2 Å². The monoisotopic (exact) mass is 298 g/mol. The lowest BCUT2D eigenvalue weighted by molar-refractivity contribution is 0.339. The first-order valence-electron chi connectivity index (χ1n) is 6.92. The summed E-state index contributed by atoms with van der Waals surface area (Å²) in [7, 11) is 1.82. The van der Waals surface area contributed by atoms with Crippen molar-refractivity contribution in [1.29, 1.82) is 0 Å². The molecule has 5 heteroatoms. The normalized spacial score (nSPS) is 22.6. The first-order valence-corrected chi connectivity index (χ1v) is 7.33. The summed E-state index contributed by atoms with van der Waals surface area (Å²) in [5.74, 6) is -1.10. The maximum atomic E-state index is 14.2. The Hall–Kier alpha value is -1.23. The number of nitrogens with zero attached hydrogens (tertiary/aromatic N) is 1. The third-order valence-electron chi connectivity index (χ3n) is 4.24. The van der Waals surface area contributed by atoms with E-state index in [0.29, 0.717) is 0 Å². The molecular formula is C15H20F2N2S. The fourth-order valence-corrected chi connectivity index (χ4v) is 2.99. The summed E-state index contributed by atoms with van der Waals surface area (Å²) >= 11 is 4.71. The lowest BCUT2D eigenvalue weighted by atomic mass is 9.86. The molecule has 1 fully saturated rings. The van der Waals surface area contributed by atoms with Crippen LogP contribution in [0, 0.1) is 17.6 Å². The molecule has 110 valence electrons. The van der Waals surface area contributed by atoms with Crippen molar-refractivity contribution in [3.05, 3.63) is 29.3 Å². The molecule has 0 heterocycles. The van der Waals surface area contributed by atoms with Crippen LogP contribution in [-0.4, -0.2) is 18.1 Å². The van der Waals surface area contributed by atoms with Gasteiger partial charge >= 0.3 is 0 Å². The zero-order chi connectivity index (χ0) is 14.9. The van der Waals surface area contributed by atoms with Gasteiger partial charge in [-0.15, -0.1) is 0 Å². The zero-order valence-electron chi connectivity index (χ0n) is 11.8. The highest BCUT2D eigenvalue weighted by molar-refractivity contribution is 7.80. The van der Waals surface area contributed by atoms with Crippen LogP contribution in [0.5, 0.6) is 0 Å².